The van der Waals surface area contributed by atoms with Gasteiger partial charge in [0.05, 0.1) is 36.4 Å². The van der Waals surface area contributed by atoms with E-state index in [0.29, 0.717) is 60.3 Å². The number of amides is 6. The van der Waals surface area contributed by atoms with Crippen LogP contribution in [0.3, 0.4) is 0 Å². The lowest BCUT2D eigenvalue weighted by atomic mass is 10.0. The molecule has 6 amide bonds. The Morgan fingerprint density at radius 3 is 1.39 bits per heavy atom. The second-order valence-electron chi connectivity index (χ2n) is 13.9. The van der Waals surface area contributed by atoms with Gasteiger partial charge in [0, 0.05) is 25.5 Å². The number of nitrogens with zero attached hydrogens (tertiary/aromatic N) is 6. The van der Waals surface area contributed by atoms with Crippen molar-refractivity contribution in [3.05, 3.63) is 24.8 Å². The van der Waals surface area contributed by atoms with Gasteiger partial charge in [-0.25, -0.2) is 19.6 Å². The molecule has 0 bridgehead atoms. The summed E-state index contributed by atoms with van der Waals surface area (Å²) in [6.45, 7) is 8.07. The first-order valence-electron chi connectivity index (χ1n) is 17.7. The van der Waals surface area contributed by atoms with Crippen LogP contribution in [0.15, 0.2) is 24.8 Å². The molecule has 20 heteroatoms. The molecular formula is C34H44N10O8S2. The number of fused-ring (bicyclic) bond motifs is 2. The molecule has 4 atom stereocenters. The van der Waals surface area contributed by atoms with Gasteiger partial charge in [-0.15, -0.1) is 0 Å². The summed E-state index contributed by atoms with van der Waals surface area (Å²) in [7, 11) is 2.46. The van der Waals surface area contributed by atoms with Crippen LogP contribution < -0.4 is 21.3 Å². The first-order chi connectivity index (χ1) is 25.8. The van der Waals surface area contributed by atoms with Gasteiger partial charge in [-0.2, -0.15) is 0 Å². The number of methoxy groups -OCH3 is 2. The third kappa shape index (κ3) is 7.98. The predicted molar refractivity (Wildman–Crippen MR) is 200 cm³/mol. The molecule has 4 unspecified atom stereocenters. The van der Waals surface area contributed by atoms with Crippen molar-refractivity contribution in [1.29, 1.82) is 0 Å². The highest BCUT2D eigenvalue weighted by molar-refractivity contribution is 7.26. The van der Waals surface area contributed by atoms with Gasteiger partial charge in [0.1, 0.15) is 24.2 Å². The minimum absolute atomic E-state index is 0.208. The topological polar surface area (TPSA) is 210 Å². The summed E-state index contributed by atoms with van der Waals surface area (Å²) in [4.78, 5) is 92.4. The molecule has 290 valence electrons. The van der Waals surface area contributed by atoms with Crippen LogP contribution in [0.1, 0.15) is 53.4 Å². The summed E-state index contributed by atoms with van der Waals surface area (Å²) in [6.07, 6.45) is 8.11. The summed E-state index contributed by atoms with van der Waals surface area (Å²) in [6, 6.07) is -3.04. The van der Waals surface area contributed by atoms with Crippen LogP contribution in [0.25, 0.3) is 19.7 Å². The standard InChI is InChI=1S/C34H44N10O8S2/c1-17(2)25(39-33(49)51-5)29(47)43-11-7-9-19(43)27(45)35-23-15-41-13-21(53-31(41)37-23)22-14-42-16-24(38-32(42)54-22)36-28(46)20-10-8-12-44(20)30(48)26(18(3)4)40-34(50)52-6/h13-20,25-26H,7-12H2,1-6H3,(H,35,45)(H,36,46)(H,39,49)(H,40,50). The fourth-order valence-electron chi connectivity index (χ4n) is 6.72. The van der Waals surface area contributed by atoms with Crippen LogP contribution in [0.5, 0.6) is 0 Å². The van der Waals surface area contributed by atoms with E-state index >= 15 is 0 Å². The average Bonchev–Trinajstić information content (AvgIpc) is 3.97. The Balaban J connectivity index is 1.08. The van der Waals surface area contributed by atoms with Crippen LogP contribution >= 0.6 is 22.7 Å². The number of rotatable bonds is 11. The Labute approximate surface area is 318 Å². The molecule has 2 saturated heterocycles. The highest BCUT2D eigenvalue weighted by Gasteiger charge is 2.40. The van der Waals surface area contributed by atoms with Crippen LogP contribution in [0.2, 0.25) is 0 Å². The van der Waals surface area contributed by atoms with Crippen molar-refractivity contribution in [1.82, 2.24) is 39.2 Å². The molecule has 2 aliphatic heterocycles. The molecule has 6 heterocycles. The number of carbonyl (C=O) groups excluding carboxylic acids is 6. The van der Waals surface area contributed by atoms with Gasteiger partial charge < -0.3 is 40.5 Å². The first kappa shape index (κ1) is 38.5. The molecule has 6 rings (SSSR count). The van der Waals surface area contributed by atoms with E-state index in [1.165, 1.54) is 46.7 Å². The number of hydrogen-bond donors (Lipinski definition) is 4. The van der Waals surface area contributed by atoms with Crippen LogP contribution in [-0.4, -0.2) is 116 Å². The predicted octanol–water partition coefficient (Wildman–Crippen LogP) is 3.39. The Kier molecular flexibility index (Phi) is 11.4. The SMILES string of the molecule is COC(=O)NC(C(=O)N1CCCC1C(=O)Nc1cn2cc(-c3cn4cc(NC(=O)C5CCCN5C(=O)C(NC(=O)OC)C(C)C)nc4s3)sc2n1)C(C)C. The molecule has 2 aliphatic rings. The van der Waals surface area contributed by atoms with Crippen molar-refractivity contribution >= 4 is 80.0 Å². The molecule has 0 aliphatic carbocycles. The highest BCUT2D eigenvalue weighted by Crippen LogP contribution is 2.35. The van der Waals surface area contributed by atoms with Crippen LogP contribution in [0, 0.1) is 11.8 Å². The van der Waals surface area contributed by atoms with Crippen LogP contribution in [0.4, 0.5) is 21.2 Å². The summed E-state index contributed by atoms with van der Waals surface area (Å²) in [5.74, 6) is -1.07. The Morgan fingerprint density at radius 2 is 1.06 bits per heavy atom. The summed E-state index contributed by atoms with van der Waals surface area (Å²) in [5.41, 5.74) is 0. The number of aromatic nitrogens is 4. The lowest BCUT2D eigenvalue weighted by molar-refractivity contribution is -0.139. The smallest absolute Gasteiger partial charge is 0.407 e. The van der Waals surface area contributed by atoms with Crippen molar-refractivity contribution < 1.29 is 38.2 Å². The number of alkyl carbamates (subject to hydrolysis) is 2. The number of carbonyl (C=O) groups is 6. The average molecular weight is 785 g/mol. The molecular weight excluding hydrogens is 741 g/mol. The summed E-state index contributed by atoms with van der Waals surface area (Å²) >= 11 is 2.85. The van der Waals surface area contributed by atoms with Crippen molar-refractivity contribution in [3.8, 4) is 9.75 Å². The van der Waals surface area contributed by atoms with Gasteiger partial charge >= 0.3 is 12.2 Å². The van der Waals surface area contributed by atoms with Gasteiger partial charge in [0.2, 0.25) is 23.6 Å². The lowest BCUT2D eigenvalue weighted by Crippen LogP contribution is -2.54. The molecule has 0 saturated carbocycles. The van der Waals surface area contributed by atoms with E-state index in [1.807, 2.05) is 48.9 Å². The largest absolute Gasteiger partial charge is 0.453 e. The zero-order chi connectivity index (χ0) is 38.8. The number of likely N-dealkylation sites (tertiary alicyclic amines) is 2. The van der Waals surface area contributed by atoms with E-state index in [4.69, 9.17) is 0 Å². The fourth-order valence-corrected chi connectivity index (χ4v) is 8.71. The maximum atomic E-state index is 13.4. The van der Waals surface area contributed by atoms with Crippen LogP contribution in [-0.2, 0) is 28.7 Å². The number of hydrogen-bond acceptors (Lipinski definition) is 12. The molecule has 4 aromatic rings. The van der Waals surface area contributed by atoms with Crippen molar-refractivity contribution in [2.45, 2.75) is 77.5 Å². The van der Waals surface area contributed by atoms with E-state index in [2.05, 4.69) is 40.7 Å². The normalized spacial score (nSPS) is 18.3. The first-order valence-corrected chi connectivity index (χ1v) is 19.3. The van der Waals surface area contributed by atoms with E-state index in [0.717, 1.165) is 9.75 Å². The second kappa shape index (κ2) is 16.0. The molecule has 0 aromatic carbocycles. The van der Waals surface area contributed by atoms with E-state index in [1.54, 1.807) is 12.4 Å². The highest BCUT2D eigenvalue weighted by atomic mass is 32.1. The molecule has 18 nitrogen and oxygen atoms in total. The van der Waals surface area contributed by atoms with Crippen molar-refractivity contribution in [3.63, 3.8) is 0 Å². The van der Waals surface area contributed by atoms with Gasteiger partial charge in [-0.05, 0) is 37.5 Å². The van der Waals surface area contributed by atoms with E-state index < -0.39 is 36.4 Å². The monoisotopic (exact) mass is 784 g/mol. The Hall–Kier alpha value is -5.24. The van der Waals surface area contributed by atoms with Crippen molar-refractivity contribution in [2.24, 2.45) is 11.8 Å². The second-order valence-corrected chi connectivity index (χ2v) is 15.9. The third-order valence-electron chi connectivity index (χ3n) is 9.52. The van der Waals surface area contributed by atoms with Gasteiger partial charge in [0.25, 0.3) is 0 Å². The Morgan fingerprint density at radius 1 is 0.667 bits per heavy atom. The Bertz CT molecular complexity index is 1860. The number of ether oxygens (including phenoxy) is 2. The molecule has 0 spiro atoms. The fraction of sp³-hybridized carbons (Fsp3) is 0.529. The minimum atomic E-state index is -0.824. The van der Waals surface area contributed by atoms with Crippen molar-refractivity contribution in [2.75, 3.05) is 37.9 Å². The summed E-state index contributed by atoms with van der Waals surface area (Å²) in [5, 5.41) is 10.9. The number of imidazole rings is 2. The maximum Gasteiger partial charge on any atom is 0.407 e. The van der Waals surface area contributed by atoms with E-state index in [-0.39, 0.29) is 35.5 Å². The van der Waals surface area contributed by atoms with Gasteiger partial charge in [-0.3, -0.25) is 28.0 Å². The van der Waals surface area contributed by atoms with E-state index in [9.17, 15) is 28.8 Å². The van der Waals surface area contributed by atoms with Gasteiger partial charge in [0.15, 0.2) is 21.6 Å². The molecule has 4 aromatic heterocycles. The maximum absolute atomic E-state index is 13.4. The van der Waals surface area contributed by atoms with Gasteiger partial charge in [-0.1, -0.05) is 50.4 Å². The third-order valence-corrected chi connectivity index (χ3v) is 11.7. The zero-order valence-corrected chi connectivity index (χ0v) is 32.4. The number of nitrogens with one attached hydrogen (secondary N) is 4. The molecule has 2 fully saturated rings. The minimum Gasteiger partial charge on any atom is -0.453 e. The molecule has 4 N–H and O–H groups in total. The number of thiazole rings is 2. The molecule has 0 radical (unpaired) electrons. The lowest BCUT2D eigenvalue weighted by Gasteiger charge is -2.30. The summed E-state index contributed by atoms with van der Waals surface area (Å²) < 4.78 is 13.0. The molecule has 54 heavy (non-hydrogen) atoms. The number of anilines is 2. The quantitative estimate of drug-likeness (QED) is 0.174. The zero-order valence-electron chi connectivity index (χ0n) is 30.8.